The van der Waals surface area contributed by atoms with Crippen LogP contribution in [0.5, 0.6) is 17.2 Å². The van der Waals surface area contributed by atoms with Gasteiger partial charge in [-0.25, -0.2) is 0 Å². The molecule has 1 aromatic carbocycles. The van der Waals surface area contributed by atoms with Gasteiger partial charge >= 0.3 is 0 Å². The van der Waals surface area contributed by atoms with E-state index in [4.69, 9.17) is 19.9 Å². The predicted molar refractivity (Wildman–Crippen MR) is 136 cm³/mol. The first-order valence-electron chi connectivity index (χ1n) is 12.2. The highest BCUT2D eigenvalue weighted by Crippen LogP contribution is 2.49. The van der Waals surface area contributed by atoms with Gasteiger partial charge in [0.2, 0.25) is 6.79 Å². The number of hydrogen-bond acceptors (Lipinski definition) is 6. The van der Waals surface area contributed by atoms with E-state index in [0.29, 0.717) is 35.1 Å². The van der Waals surface area contributed by atoms with Crippen LogP contribution < -0.4 is 25.3 Å². The van der Waals surface area contributed by atoms with Gasteiger partial charge in [0.15, 0.2) is 11.5 Å². The molecule has 6 rings (SSSR count). The minimum atomic E-state index is -0.100. The number of nitrogens with zero attached hydrogens (tertiary/aromatic N) is 1. The molecule has 3 aromatic rings. The Kier molecular flexibility index (Phi) is 6.51. The SMILES string of the molecule is Cc1[nH]c2c(-c3c(OCC4CC4)ccc4c3OCO4)ccnc2c1C(=O)N[C@H]1CC[C@H](N)CC1.Cl. The molecule has 1 aliphatic heterocycles. The summed E-state index contributed by atoms with van der Waals surface area (Å²) in [7, 11) is 0. The van der Waals surface area contributed by atoms with Gasteiger partial charge in [-0.1, -0.05) is 0 Å². The molecule has 8 nitrogen and oxygen atoms in total. The maximum absolute atomic E-state index is 13.3. The Balaban J connectivity index is 0.00000253. The Labute approximate surface area is 210 Å². The zero-order chi connectivity index (χ0) is 23.2. The molecular weight excluding hydrogens is 468 g/mol. The van der Waals surface area contributed by atoms with Crippen LogP contribution in [0.15, 0.2) is 24.4 Å². The lowest BCUT2D eigenvalue weighted by Crippen LogP contribution is -2.40. The van der Waals surface area contributed by atoms with Crippen molar-refractivity contribution in [2.24, 2.45) is 11.7 Å². The molecule has 186 valence electrons. The molecule has 0 bridgehead atoms. The van der Waals surface area contributed by atoms with E-state index in [1.165, 1.54) is 12.8 Å². The summed E-state index contributed by atoms with van der Waals surface area (Å²) in [6.45, 7) is 2.77. The van der Waals surface area contributed by atoms with Gasteiger partial charge in [-0.15, -0.1) is 12.4 Å². The minimum Gasteiger partial charge on any atom is -0.493 e. The van der Waals surface area contributed by atoms with E-state index in [0.717, 1.165) is 53.8 Å². The molecule has 2 aliphatic carbocycles. The highest BCUT2D eigenvalue weighted by molar-refractivity contribution is 6.10. The molecule has 35 heavy (non-hydrogen) atoms. The number of pyridine rings is 1. The van der Waals surface area contributed by atoms with Gasteiger partial charge in [0, 0.05) is 29.5 Å². The third kappa shape index (κ3) is 4.52. The van der Waals surface area contributed by atoms with Crippen molar-refractivity contribution >= 4 is 29.3 Å². The summed E-state index contributed by atoms with van der Waals surface area (Å²) in [5, 5.41) is 3.20. The molecule has 3 heterocycles. The normalized spacial score (nSPS) is 21.0. The number of fused-ring (bicyclic) bond motifs is 2. The van der Waals surface area contributed by atoms with Gasteiger partial charge in [-0.05, 0) is 69.6 Å². The fourth-order valence-electron chi connectivity index (χ4n) is 5.03. The highest BCUT2D eigenvalue weighted by atomic mass is 35.5. The topological polar surface area (TPSA) is 111 Å². The first-order valence-corrected chi connectivity index (χ1v) is 12.2. The predicted octanol–water partition coefficient (Wildman–Crippen LogP) is 4.48. The molecule has 0 spiro atoms. The Morgan fingerprint density at radius 1 is 1.17 bits per heavy atom. The molecule has 2 fully saturated rings. The number of carbonyl (C=O) groups is 1. The second-order valence-corrected chi connectivity index (χ2v) is 9.72. The van der Waals surface area contributed by atoms with E-state index < -0.39 is 0 Å². The van der Waals surface area contributed by atoms with Crippen molar-refractivity contribution in [2.45, 2.75) is 57.5 Å². The summed E-state index contributed by atoms with van der Waals surface area (Å²) in [5.41, 5.74) is 10.5. The van der Waals surface area contributed by atoms with Crippen molar-refractivity contribution in [3.63, 3.8) is 0 Å². The number of carbonyl (C=O) groups excluding carboxylic acids is 1. The number of rotatable bonds is 6. The molecule has 3 aliphatic rings. The highest BCUT2D eigenvalue weighted by Gasteiger charge is 2.29. The van der Waals surface area contributed by atoms with E-state index in [1.807, 2.05) is 25.1 Å². The monoisotopic (exact) mass is 498 g/mol. The molecule has 1 amide bonds. The van der Waals surface area contributed by atoms with Crippen LogP contribution in [0.1, 0.15) is 54.6 Å². The third-order valence-corrected chi connectivity index (χ3v) is 7.15. The zero-order valence-corrected chi connectivity index (χ0v) is 20.6. The number of H-pyrrole nitrogens is 1. The van der Waals surface area contributed by atoms with Crippen LogP contribution in [0.4, 0.5) is 0 Å². The van der Waals surface area contributed by atoms with Crippen molar-refractivity contribution in [1.82, 2.24) is 15.3 Å². The maximum Gasteiger partial charge on any atom is 0.255 e. The summed E-state index contributed by atoms with van der Waals surface area (Å²) in [4.78, 5) is 21.3. The van der Waals surface area contributed by atoms with Crippen LogP contribution in [0.3, 0.4) is 0 Å². The summed E-state index contributed by atoms with van der Waals surface area (Å²) in [6.07, 6.45) is 7.84. The van der Waals surface area contributed by atoms with Gasteiger partial charge < -0.3 is 30.2 Å². The number of halogens is 1. The van der Waals surface area contributed by atoms with E-state index in [9.17, 15) is 4.79 Å². The largest absolute Gasteiger partial charge is 0.493 e. The van der Waals surface area contributed by atoms with Crippen molar-refractivity contribution < 1.29 is 19.0 Å². The lowest BCUT2D eigenvalue weighted by Gasteiger charge is -2.26. The van der Waals surface area contributed by atoms with Crippen LogP contribution in [0.25, 0.3) is 22.2 Å². The Morgan fingerprint density at radius 3 is 2.74 bits per heavy atom. The van der Waals surface area contributed by atoms with Crippen molar-refractivity contribution in [1.29, 1.82) is 0 Å². The first kappa shape index (κ1) is 23.8. The number of amides is 1. The average molecular weight is 499 g/mol. The van der Waals surface area contributed by atoms with Gasteiger partial charge in [-0.3, -0.25) is 9.78 Å². The first-order chi connectivity index (χ1) is 16.6. The fourth-order valence-corrected chi connectivity index (χ4v) is 5.03. The van der Waals surface area contributed by atoms with E-state index in [1.54, 1.807) is 6.20 Å². The summed E-state index contributed by atoms with van der Waals surface area (Å²) >= 11 is 0. The molecule has 2 aromatic heterocycles. The number of nitrogens with one attached hydrogen (secondary N) is 2. The van der Waals surface area contributed by atoms with Crippen LogP contribution in [0, 0.1) is 12.8 Å². The van der Waals surface area contributed by atoms with Crippen LogP contribution in [-0.4, -0.2) is 41.4 Å². The molecule has 0 unspecified atom stereocenters. The smallest absolute Gasteiger partial charge is 0.255 e. The number of aromatic amines is 1. The standard InChI is InChI=1S/C26H30N4O4.ClH/c1-14-21(26(31)30-17-6-4-16(27)5-7-17)24-23(29-14)18(10-11-28-24)22-19(32-12-15-2-3-15)8-9-20-25(22)34-13-33-20;/h8-11,15-17,29H,2-7,12-13,27H2,1H3,(H,30,31);1H/t16-,17-;. The van der Waals surface area contributed by atoms with E-state index in [2.05, 4.69) is 15.3 Å². The molecule has 0 saturated heterocycles. The van der Waals surface area contributed by atoms with Crippen LogP contribution >= 0.6 is 12.4 Å². The Morgan fingerprint density at radius 2 is 1.97 bits per heavy atom. The zero-order valence-electron chi connectivity index (χ0n) is 19.8. The van der Waals surface area contributed by atoms with Crippen molar-refractivity contribution in [2.75, 3.05) is 13.4 Å². The summed E-state index contributed by atoms with van der Waals surface area (Å²) in [6, 6.07) is 6.15. The number of ether oxygens (including phenoxy) is 3. The van der Waals surface area contributed by atoms with E-state index in [-0.39, 0.29) is 37.2 Å². The number of nitrogens with two attached hydrogens (primary N) is 1. The van der Waals surface area contributed by atoms with Gasteiger partial charge in [0.1, 0.15) is 11.3 Å². The number of hydrogen-bond donors (Lipinski definition) is 3. The lowest BCUT2D eigenvalue weighted by molar-refractivity contribution is 0.0927. The van der Waals surface area contributed by atoms with Gasteiger partial charge in [-0.2, -0.15) is 0 Å². The number of aromatic nitrogens is 2. The third-order valence-electron chi connectivity index (χ3n) is 7.15. The van der Waals surface area contributed by atoms with Crippen molar-refractivity contribution in [3.05, 3.63) is 35.7 Å². The molecule has 0 radical (unpaired) electrons. The Hall–Kier alpha value is -2.97. The molecule has 0 atom stereocenters. The van der Waals surface area contributed by atoms with Gasteiger partial charge in [0.25, 0.3) is 5.91 Å². The molecule has 9 heteroatoms. The average Bonchev–Trinajstić information content (AvgIpc) is 3.42. The summed E-state index contributed by atoms with van der Waals surface area (Å²) < 4.78 is 17.7. The minimum absolute atomic E-state index is 0. The summed E-state index contributed by atoms with van der Waals surface area (Å²) in [5.74, 6) is 2.62. The lowest BCUT2D eigenvalue weighted by atomic mass is 9.91. The Bertz CT molecular complexity index is 1250. The molecule has 2 saturated carbocycles. The molecular formula is C26H31ClN4O4. The maximum atomic E-state index is 13.3. The fraction of sp³-hybridized carbons (Fsp3) is 0.462. The second kappa shape index (κ2) is 9.59. The van der Waals surface area contributed by atoms with Crippen LogP contribution in [-0.2, 0) is 0 Å². The number of benzene rings is 1. The van der Waals surface area contributed by atoms with Gasteiger partial charge in [0.05, 0.1) is 23.3 Å². The van der Waals surface area contributed by atoms with E-state index >= 15 is 0 Å². The van der Waals surface area contributed by atoms with Crippen molar-refractivity contribution in [3.8, 4) is 28.4 Å². The quantitative estimate of drug-likeness (QED) is 0.462. The number of aryl methyl sites for hydroxylation is 1. The molecule has 4 N–H and O–H groups in total. The van der Waals surface area contributed by atoms with Crippen LogP contribution in [0.2, 0.25) is 0 Å². The second-order valence-electron chi connectivity index (χ2n) is 9.72.